The molecule has 1 aliphatic heterocycles. The number of hydrogen-bond donors (Lipinski definition) is 1. The third-order valence-electron chi connectivity index (χ3n) is 3.45. The Hall–Kier alpha value is -1.13. The van der Waals surface area contributed by atoms with Crippen molar-refractivity contribution in [3.63, 3.8) is 0 Å². The summed E-state index contributed by atoms with van der Waals surface area (Å²) in [5.41, 5.74) is 0.858. The Morgan fingerprint density at radius 1 is 1.33 bits per heavy atom. The summed E-state index contributed by atoms with van der Waals surface area (Å²) in [6.07, 6.45) is 0. The van der Waals surface area contributed by atoms with Gasteiger partial charge in [0.2, 0.25) is 0 Å². The molecule has 1 aliphatic rings. The predicted molar refractivity (Wildman–Crippen MR) is 71.3 cm³/mol. The molecule has 0 aliphatic carbocycles. The number of rotatable bonds is 2. The summed E-state index contributed by atoms with van der Waals surface area (Å²) in [5.74, 6) is 0.268. The Labute approximate surface area is 108 Å². The van der Waals surface area contributed by atoms with Gasteiger partial charge in [0.25, 0.3) is 0 Å². The van der Waals surface area contributed by atoms with E-state index in [0.29, 0.717) is 5.92 Å². The predicted octanol–water partition coefficient (Wildman–Crippen LogP) is 1.57. The van der Waals surface area contributed by atoms with Crippen molar-refractivity contribution in [3.8, 4) is 0 Å². The monoisotopic (exact) mass is 252 g/mol. The second-order valence-corrected chi connectivity index (χ2v) is 5.30. The van der Waals surface area contributed by atoms with E-state index in [1.807, 2.05) is 6.07 Å². The molecular weight excluding hydrogens is 231 g/mol. The van der Waals surface area contributed by atoms with Crippen molar-refractivity contribution in [1.82, 2.24) is 4.90 Å². The Balaban J connectivity index is 2.27. The van der Waals surface area contributed by atoms with Crippen LogP contribution < -0.4 is 4.90 Å². The molecule has 1 aromatic carbocycles. The first-order valence-electron chi connectivity index (χ1n) is 6.41. The number of benzene rings is 1. The van der Waals surface area contributed by atoms with E-state index in [4.69, 9.17) is 0 Å². The van der Waals surface area contributed by atoms with E-state index in [0.717, 1.165) is 25.3 Å². The molecule has 100 valence electrons. The van der Waals surface area contributed by atoms with Crippen molar-refractivity contribution in [2.24, 2.45) is 5.92 Å². The Morgan fingerprint density at radius 2 is 2.11 bits per heavy atom. The third-order valence-corrected chi connectivity index (χ3v) is 3.45. The molecule has 1 saturated heterocycles. The number of nitrogens with zero attached hydrogens (tertiary/aromatic N) is 2. The van der Waals surface area contributed by atoms with Crippen LogP contribution in [-0.4, -0.2) is 49.3 Å². The molecule has 0 spiro atoms. The van der Waals surface area contributed by atoms with Gasteiger partial charge in [0.05, 0.1) is 12.6 Å². The van der Waals surface area contributed by atoms with Gasteiger partial charge in [0, 0.05) is 25.3 Å². The lowest BCUT2D eigenvalue weighted by Crippen LogP contribution is -2.43. The van der Waals surface area contributed by atoms with Crippen LogP contribution in [-0.2, 0) is 0 Å². The van der Waals surface area contributed by atoms with Crippen LogP contribution in [0, 0.1) is 11.7 Å². The molecule has 3 nitrogen and oxygen atoms in total. The van der Waals surface area contributed by atoms with Gasteiger partial charge >= 0.3 is 0 Å². The minimum absolute atomic E-state index is 0.0294. The van der Waals surface area contributed by atoms with Gasteiger partial charge < -0.3 is 14.9 Å². The zero-order valence-electron chi connectivity index (χ0n) is 11.0. The zero-order valence-corrected chi connectivity index (χ0v) is 11.0. The lowest BCUT2D eigenvalue weighted by atomic mass is 10.1. The van der Waals surface area contributed by atoms with Crippen LogP contribution >= 0.6 is 0 Å². The fourth-order valence-corrected chi connectivity index (χ4v) is 2.73. The van der Waals surface area contributed by atoms with Crippen LogP contribution in [0.2, 0.25) is 0 Å². The maximum atomic E-state index is 13.3. The van der Waals surface area contributed by atoms with Crippen molar-refractivity contribution < 1.29 is 9.50 Å². The quantitative estimate of drug-likeness (QED) is 0.865. The Kier molecular flexibility index (Phi) is 4.19. The summed E-state index contributed by atoms with van der Waals surface area (Å²) in [4.78, 5) is 4.35. The maximum absolute atomic E-state index is 13.3. The molecule has 0 radical (unpaired) electrons. The van der Waals surface area contributed by atoms with Crippen LogP contribution in [0.5, 0.6) is 0 Å². The molecule has 0 aromatic heterocycles. The lowest BCUT2D eigenvalue weighted by molar-refractivity contribution is 0.226. The summed E-state index contributed by atoms with van der Waals surface area (Å²) in [7, 11) is 2.06. The number of likely N-dealkylation sites (N-methyl/N-ethyl adjacent to an activating group) is 1. The van der Waals surface area contributed by atoms with Gasteiger partial charge in [-0.1, -0.05) is 13.0 Å². The summed E-state index contributed by atoms with van der Waals surface area (Å²) in [6, 6.07) is 6.65. The van der Waals surface area contributed by atoms with Crippen molar-refractivity contribution in [3.05, 3.63) is 30.1 Å². The molecule has 2 atom stereocenters. The molecule has 1 N–H and O–H groups in total. The van der Waals surface area contributed by atoms with Crippen LogP contribution in [0.1, 0.15) is 6.92 Å². The minimum Gasteiger partial charge on any atom is -0.394 e. The maximum Gasteiger partial charge on any atom is 0.125 e. The van der Waals surface area contributed by atoms with Gasteiger partial charge in [0.1, 0.15) is 5.82 Å². The van der Waals surface area contributed by atoms with Gasteiger partial charge in [-0.25, -0.2) is 4.39 Å². The fraction of sp³-hybridized carbons (Fsp3) is 0.571. The first-order valence-corrected chi connectivity index (χ1v) is 6.41. The molecule has 0 amide bonds. The van der Waals surface area contributed by atoms with Crippen LogP contribution in [0.3, 0.4) is 0 Å². The number of anilines is 1. The van der Waals surface area contributed by atoms with Crippen molar-refractivity contribution >= 4 is 5.69 Å². The van der Waals surface area contributed by atoms with Crippen LogP contribution in [0.15, 0.2) is 24.3 Å². The van der Waals surface area contributed by atoms with Crippen molar-refractivity contribution in [2.75, 3.05) is 38.2 Å². The highest BCUT2D eigenvalue weighted by atomic mass is 19.1. The third kappa shape index (κ3) is 3.00. The molecule has 1 fully saturated rings. The van der Waals surface area contributed by atoms with E-state index in [9.17, 15) is 9.50 Å². The molecule has 1 aromatic rings. The van der Waals surface area contributed by atoms with E-state index in [-0.39, 0.29) is 18.5 Å². The molecule has 1 heterocycles. The highest BCUT2D eigenvalue weighted by molar-refractivity contribution is 5.48. The average Bonchev–Trinajstić information content (AvgIpc) is 2.47. The SMILES string of the molecule is CC1CN(C)CC(CO)N(c2cccc(F)c2)C1. The zero-order chi connectivity index (χ0) is 13.1. The number of hydrogen-bond acceptors (Lipinski definition) is 3. The van der Waals surface area contributed by atoms with Gasteiger partial charge in [0.15, 0.2) is 0 Å². The van der Waals surface area contributed by atoms with Crippen LogP contribution in [0.4, 0.5) is 10.1 Å². The summed E-state index contributed by atoms with van der Waals surface area (Å²) >= 11 is 0. The fourth-order valence-electron chi connectivity index (χ4n) is 2.73. The molecule has 0 bridgehead atoms. The lowest BCUT2D eigenvalue weighted by Gasteiger charge is -2.32. The van der Waals surface area contributed by atoms with Gasteiger partial charge in [-0.2, -0.15) is 0 Å². The minimum atomic E-state index is -0.227. The molecule has 0 saturated carbocycles. The second-order valence-electron chi connectivity index (χ2n) is 5.30. The van der Waals surface area contributed by atoms with Gasteiger partial charge in [-0.3, -0.25) is 0 Å². The van der Waals surface area contributed by atoms with Crippen LogP contribution in [0.25, 0.3) is 0 Å². The standard InChI is InChI=1S/C14H21FN2O/c1-11-7-16(2)9-14(10-18)17(8-11)13-5-3-4-12(15)6-13/h3-6,11,14,18H,7-10H2,1-2H3. The molecule has 2 rings (SSSR count). The first-order chi connectivity index (χ1) is 8.60. The van der Waals surface area contributed by atoms with Crippen molar-refractivity contribution in [2.45, 2.75) is 13.0 Å². The van der Waals surface area contributed by atoms with E-state index >= 15 is 0 Å². The topological polar surface area (TPSA) is 26.7 Å². The average molecular weight is 252 g/mol. The van der Waals surface area contributed by atoms with E-state index in [2.05, 4.69) is 23.8 Å². The number of aliphatic hydroxyl groups is 1. The number of halogens is 1. The van der Waals surface area contributed by atoms with Crippen molar-refractivity contribution in [1.29, 1.82) is 0 Å². The summed E-state index contributed by atoms with van der Waals surface area (Å²) < 4.78 is 13.3. The Bertz CT molecular complexity index is 399. The second kappa shape index (κ2) is 5.67. The normalized spacial score (nSPS) is 26.1. The highest BCUT2D eigenvalue weighted by Gasteiger charge is 2.26. The first kappa shape index (κ1) is 13.3. The summed E-state index contributed by atoms with van der Waals surface area (Å²) in [6.45, 7) is 4.93. The largest absolute Gasteiger partial charge is 0.394 e. The van der Waals surface area contributed by atoms with E-state index in [1.54, 1.807) is 12.1 Å². The molecular formula is C14H21FN2O. The summed E-state index contributed by atoms with van der Waals surface area (Å²) in [5, 5.41) is 9.56. The van der Waals surface area contributed by atoms with E-state index < -0.39 is 0 Å². The van der Waals surface area contributed by atoms with Gasteiger partial charge in [-0.15, -0.1) is 0 Å². The number of aliphatic hydroxyl groups excluding tert-OH is 1. The molecule has 4 heteroatoms. The molecule has 2 unspecified atom stereocenters. The van der Waals surface area contributed by atoms with Gasteiger partial charge in [-0.05, 0) is 31.2 Å². The smallest absolute Gasteiger partial charge is 0.125 e. The molecule has 18 heavy (non-hydrogen) atoms. The Morgan fingerprint density at radius 3 is 2.78 bits per heavy atom. The highest BCUT2D eigenvalue weighted by Crippen LogP contribution is 2.22. The van der Waals surface area contributed by atoms with E-state index in [1.165, 1.54) is 6.07 Å².